The Labute approximate surface area is 152 Å². The van der Waals surface area contributed by atoms with Crippen LogP contribution in [0.2, 0.25) is 0 Å². The van der Waals surface area contributed by atoms with E-state index >= 15 is 0 Å². The van der Waals surface area contributed by atoms with Gasteiger partial charge >= 0.3 is 0 Å². The maximum Gasteiger partial charge on any atom is 0.131 e. The van der Waals surface area contributed by atoms with Crippen molar-refractivity contribution in [1.82, 2.24) is 0 Å². The molecule has 2 aromatic rings. The lowest BCUT2D eigenvalue weighted by atomic mass is 9.77. The first-order chi connectivity index (χ1) is 12.2. The average molecular weight is 339 g/mol. The second-order valence-corrected chi connectivity index (χ2v) is 7.69. The molecule has 0 saturated heterocycles. The first-order valence-corrected chi connectivity index (χ1v) is 10.1. The van der Waals surface area contributed by atoms with Crippen LogP contribution in [0, 0.1) is 11.7 Å². The molecule has 1 heteroatoms. The number of benzene rings is 2. The van der Waals surface area contributed by atoms with Crippen molar-refractivity contribution < 1.29 is 4.39 Å². The Hall–Kier alpha value is -1.63. The van der Waals surface area contributed by atoms with Crippen LogP contribution in [-0.4, -0.2) is 0 Å². The van der Waals surface area contributed by atoms with Crippen molar-refractivity contribution in [2.24, 2.45) is 5.92 Å². The fraction of sp³-hybridized carbons (Fsp3) is 0.500. The minimum atomic E-state index is -0.0728. The van der Waals surface area contributed by atoms with E-state index in [9.17, 15) is 4.39 Å². The zero-order chi connectivity index (χ0) is 17.6. The molecule has 0 nitrogen and oxygen atoms in total. The first kappa shape index (κ1) is 18.2. The van der Waals surface area contributed by atoms with Gasteiger partial charge in [-0.15, -0.1) is 0 Å². The maximum atomic E-state index is 14.7. The van der Waals surface area contributed by atoms with Crippen LogP contribution in [-0.2, 0) is 6.42 Å². The van der Waals surface area contributed by atoms with E-state index in [-0.39, 0.29) is 5.82 Å². The lowest BCUT2D eigenvalue weighted by molar-refractivity contribution is 0.308. The van der Waals surface area contributed by atoms with Gasteiger partial charge in [-0.3, -0.25) is 0 Å². The van der Waals surface area contributed by atoms with E-state index in [1.807, 2.05) is 6.07 Å². The largest absolute Gasteiger partial charge is 0.206 e. The van der Waals surface area contributed by atoms with Gasteiger partial charge in [-0.2, -0.15) is 0 Å². The van der Waals surface area contributed by atoms with E-state index in [1.54, 1.807) is 6.07 Å². The summed E-state index contributed by atoms with van der Waals surface area (Å²) in [5.41, 5.74) is 4.23. The predicted molar refractivity (Wildman–Crippen MR) is 105 cm³/mol. The highest BCUT2D eigenvalue weighted by Gasteiger charge is 2.22. The van der Waals surface area contributed by atoms with Crippen LogP contribution in [0.4, 0.5) is 4.39 Å². The number of hydrogen-bond donors (Lipinski definition) is 0. The molecule has 0 spiro atoms. The summed E-state index contributed by atoms with van der Waals surface area (Å²) in [5.74, 6) is 1.37. The van der Waals surface area contributed by atoms with Crippen LogP contribution < -0.4 is 0 Å². The molecule has 134 valence electrons. The highest BCUT2D eigenvalue weighted by molar-refractivity contribution is 5.65. The molecule has 0 amide bonds. The summed E-state index contributed by atoms with van der Waals surface area (Å²) in [6.07, 6.45) is 9.92. The summed E-state index contributed by atoms with van der Waals surface area (Å²) >= 11 is 0. The Morgan fingerprint density at radius 2 is 1.60 bits per heavy atom. The van der Waals surface area contributed by atoms with Gasteiger partial charge in [-0.1, -0.05) is 69.5 Å². The van der Waals surface area contributed by atoms with Gasteiger partial charge in [-0.25, -0.2) is 4.39 Å². The monoisotopic (exact) mass is 338 g/mol. The van der Waals surface area contributed by atoms with Crippen LogP contribution in [0.1, 0.15) is 75.8 Å². The van der Waals surface area contributed by atoms with E-state index < -0.39 is 0 Å². The predicted octanol–water partition coefficient (Wildman–Crippen LogP) is 7.52. The van der Waals surface area contributed by atoms with Crippen LogP contribution in [0.15, 0.2) is 42.5 Å². The molecule has 0 aromatic heterocycles. The topological polar surface area (TPSA) is 0 Å². The molecule has 0 aliphatic heterocycles. The maximum absolute atomic E-state index is 14.7. The number of aryl methyl sites for hydroxylation is 1. The lowest BCUT2D eigenvalue weighted by Crippen LogP contribution is -2.13. The molecule has 1 saturated carbocycles. The third-order valence-electron chi connectivity index (χ3n) is 5.81. The highest BCUT2D eigenvalue weighted by Crippen LogP contribution is 2.38. The van der Waals surface area contributed by atoms with Gasteiger partial charge in [0.15, 0.2) is 0 Å². The summed E-state index contributed by atoms with van der Waals surface area (Å²) in [7, 11) is 0. The van der Waals surface area contributed by atoms with E-state index in [2.05, 4.69) is 44.2 Å². The van der Waals surface area contributed by atoms with Gasteiger partial charge in [0.05, 0.1) is 0 Å². The molecule has 1 aliphatic rings. The smallest absolute Gasteiger partial charge is 0.131 e. The molecule has 25 heavy (non-hydrogen) atoms. The zero-order valence-electron chi connectivity index (χ0n) is 15.7. The second-order valence-electron chi connectivity index (χ2n) is 7.69. The summed E-state index contributed by atoms with van der Waals surface area (Å²) in [4.78, 5) is 0. The Morgan fingerprint density at radius 1 is 0.880 bits per heavy atom. The summed E-state index contributed by atoms with van der Waals surface area (Å²) in [6, 6.07) is 14.3. The fourth-order valence-corrected chi connectivity index (χ4v) is 4.35. The van der Waals surface area contributed by atoms with Crippen molar-refractivity contribution in [3.8, 4) is 11.1 Å². The average Bonchev–Trinajstić information content (AvgIpc) is 2.64. The summed E-state index contributed by atoms with van der Waals surface area (Å²) in [5, 5.41) is 0. The molecule has 3 rings (SSSR count). The van der Waals surface area contributed by atoms with E-state index in [4.69, 9.17) is 0 Å². The highest BCUT2D eigenvalue weighted by atomic mass is 19.1. The third kappa shape index (κ3) is 4.51. The van der Waals surface area contributed by atoms with Crippen molar-refractivity contribution in [3.63, 3.8) is 0 Å². The van der Waals surface area contributed by atoms with E-state index in [0.717, 1.165) is 29.9 Å². The quantitative estimate of drug-likeness (QED) is 0.511. The molecule has 2 aromatic carbocycles. The fourth-order valence-electron chi connectivity index (χ4n) is 4.35. The molecule has 0 atom stereocenters. The Morgan fingerprint density at radius 3 is 2.20 bits per heavy atom. The van der Waals surface area contributed by atoms with E-state index in [1.165, 1.54) is 49.7 Å². The Kier molecular flexibility index (Phi) is 6.29. The molecular weight excluding hydrogens is 307 g/mol. The first-order valence-electron chi connectivity index (χ1n) is 10.1. The van der Waals surface area contributed by atoms with Gasteiger partial charge < -0.3 is 0 Å². The zero-order valence-corrected chi connectivity index (χ0v) is 15.7. The Bertz CT molecular complexity index is 663. The minimum Gasteiger partial charge on any atom is -0.206 e. The molecule has 0 unspecified atom stereocenters. The van der Waals surface area contributed by atoms with Gasteiger partial charge in [0.1, 0.15) is 5.82 Å². The van der Waals surface area contributed by atoms with Crippen molar-refractivity contribution in [1.29, 1.82) is 0 Å². The Balaban J connectivity index is 1.71. The minimum absolute atomic E-state index is 0.0728. The van der Waals surface area contributed by atoms with Crippen LogP contribution in [0.5, 0.6) is 0 Å². The number of halogens is 1. The molecule has 0 heterocycles. The van der Waals surface area contributed by atoms with Crippen molar-refractivity contribution in [3.05, 3.63) is 59.4 Å². The van der Waals surface area contributed by atoms with Crippen LogP contribution in [0.3, 0.4) is 0 Å². The molecule has 1 aliphatic carbocycles. The van der Waals surface area contributed by atoms with Crippen LogP contribution in [0.25, 0.3) is 11.1 Å². The number of hydrogen-bond acceptors (Lipinski definition) is 0. The lowest BCUT2D eigenvalue weighted by Gasteiger charge is -2.28. The summed E-state index contributed by atoms with van der Waals surface area (Å²) < 4.78 is 14.7. The van der Waals surface area contributed by atoms with Gasteiger partial charge in [0.2, 0.25) is 0 Å². The van der Waals surface area contributed by atoms with Crippen LogP contribution >= 0.6 is 0 Å². The van der Waals surface area contributed by atoms with Crippen molar-refractivity contribution >= 4 is 0 Å². The normalized spacial score (nSPS) is 20.6. The number of rotatable bonds is 6. The molecule has 0 N–H and O–H groups in total. The molecule has 0 bridgehead atoms. The summed E-state index contributed by atoms with van der Waals surface area (Å²) in [6.45, 7) is 4.46. The van der Waals surface area contributed by atoms with Gasteiger partial charge in [-0.05, 0) is 66.7 Å². The van der Waals surface area contributed by atoms with E-state index in [0.29, 0.717) is 5.92 Å². The third-order valence-corrected chi connectivity index (χ3v) is 5.81. The standard InChI is InChI=1S/C24H31F/c1-3-5-18-7-11-20(12-8-18)22-15-16-23(24(25)17-22)21-13-9-19(6-4-2)10-14-21/h9-10,13-18,20H,3-8,11-12H2,1-2H3. The van der Waals surface area contributed by atoms with Crippen molar-refractivity contribution in [2.75, 3.05) is 0 Å². The molecule has 0 radical (unpaired) electrons. The molecular formula is C24H31F. The second kappa shape index (κ2) is 8.65. The van der Waals surface area contributed by atoms with Gasteiger partial charge in [0.25, 0.3) is 0 Å². The SMILES string of the molecule is CCCc1ccc(-c2ccc(C3CCC(CCC)CC3)cc2F)cc1. The van der Waals surface area contributed by atoms with Crippen molar-refractivity contribution in [2.45, 2.75) is 71.1 Å². The molecule has 1 fully saturated rings. The van der Waals surface area contributed by atoms with Gasteiger partial charge in [0, 0.05) is 5.56 Å².